The molecule has 1 aromatic carbocycles. The van der Waals surface area contributed by atoms with Crippen molar-refractivity contribution >= 4 is 23.0 Å². The lowest BCUT2D eigenvalue weighted by atomic mass is 9.89. The van der Waals surface area contributed by atoms with Crippen molar-refractivity contribution in [1.29, 1.82) is 0 Å². The number of thiophene rings is 1. The van der Waals surface area contributed by atoms with Gasteiger partial charge in [-0.2, -0.15) is 0 Å². The van der Waals surface area contributed by atoms with Crippen molar-refractivity contribution < 1.29 is 14.3 Å². The zero-order valence-electron chi connectivity index (χ0n) is 12.9. The molecule has 1 saturated heterocycles. The van der Waals surface area contributed by atoms with Gasteiger partial charge in [-0.25, -0.2) is 0 Å². The third-order valence-corrected chi connectivity index (χ3v) is 5.58. The van der Waals surface area contributed by atoms with Crippen LogP contribution in [0.15, 0.2) is 35.7 Å². The van der Waals surface area contributed by atoms with Crippen LogP contribution in [0.3, 0.4) is 0 Å². The summed E-state index contributed by atoms with van der Waals surface area (Å²) in [5.41, 5.74) is 1.19. The first-order valence-electron chi connectivity index (χ1n) is 7.72. The molecule has 1 spiro atoms. The highest BCUT2D eigenvalue weighted by atomic mass is 32.1. The summed E-state index contributed by atoms with van der Waals surface area (Å²) in [6.07, 6.45) is 1.04. The molecular formula is C18H17NO3S. The third-order valence-electron chi connectivity index (χ3n) is 4.54. The number of hydrogen-bond donors (Lipinski definition) is 0. The summed E-state index contributed by atoms with van der Waals surface area (Å²) in [6, 6.07) is 9.28. The fourth-order valence-electron chi connectivity index (χ4n) is 3.39. The van der Waals surface area contributed by atoms with Gasteiger partial charge in [0, 0.05) is 13.0 Å². The second-order valence-corrected chi connectivity index (χ2v) is 7.26. The van der Waals surface area contributed by atoms with Crippen LogP contribution in [0.25, 0.3) is 0 Å². The Hall–Kier alpha value is -2.14. The first kappa shape index (κ1) is 14.5. The zero-order valence-corrected chi connectivity index (χ0v) is 13.7. The quantitative estimate of drug-likeness (QED) is 0.807. The number of ether oxygens (including phenoxy) is 1. The van der Waals surface area contributed by atoms with E-state index in [9.17, 15) is 9.59 Å². The molecule has 2 aromatic rings. The molecule has 0 aliphatic carbocycles. The van der Waals surface area contributed by atoms with Crippen molar-refractivity contribution in [2.75, 3.05) is 13.1 Å². The molecule has 4 nitrogen and oxygen atoms in total. The number of carbonyl (C=O) groups is 2. The van der Waals surface area contributed by atoms with Crippen LogP contribution >= 0.6 is 11.3 Å². The van der Waals surface area contributed by atoms with Crippen molar-refractivity contribution in [3.8, 4) is 5.75 Å². The van der Waals surface area contributed by atoms with E-state index in [1.165, 1.54) is 11.3 Å². The number of hydrogen-bond acceptors (Lipinski definition) is 4. The number of aryl methyl sites for hydroxylation is 1. The summed E-state index contributed by atoms with van der Waals surface area (Å²) >= 11 is 1.47. The average molecular weight is 327 g/mol. The minimum absolute atomic E-state index is 0.0369. The lowest BCUT2D eigenvalue weighted by Crippen LogP contribution is -2.45. The van der Waals surface area contributed by atoms with Gasteiger partial charge in [-0.1, -0.05) is 12.1 Å². The molecule has 2 aliphatic heterocycles. The monoisotopic (exact) mass is 327 g/mol. The number of para-hydroxylation sites is 1. The topological polar surface area (TPSA) is 46.6 Å². The molecule has 0 saturated carbocycles. The molecule has 1 fully saturated rings. The SMILES string of the molecule is Cc1csc(C(=O)N2CC[C@@]3(CC(=O)c4ccccc4O3)C2)c1. The maximum Gasteiger partial charge on any atom is 0.264 e. The molecule has 23 heavy (non-hydrogen) atoms. The van der Waals surface area contributed by atoms with E-state index < -0.39 is 5.60 Å². The fraction of sp³-hybridized carbons (Fsp3) is 0.333. The van der Waals surface area contributed by atoms with E-state index in [1.807, 2.05) is 41.5 Å². The summed E-state index contributed by atoms with van der Waals surface area (Å²) < 4.78 is 6.16. The van der Waals surface area contributed by atoms with Gasteiger partial charge in [0.1, 0.15) is 11.4 Å². The first-order valence-corrected chi connectivity index (χ1v) is 8.60. The number of benzene rings is 1. The maximum absolute atomic E-state index is 12.6. The molecule has 1 atom stereocenters. The standard InChI is InChI=1S/C18H17NO3S/c1-12-8-16(23-10-12)17(21)19-7-6-18(11-19)9-14(20)13-4-2-3-5-15(13)22-18/h2-5,8,10H,6-7,9,11H2,1H3/t18-/m1/s1. The molecule has 0 unspecified atom stereocenters. The number of fused-ring (bicyclic) bond motifs is 1. The van der Waals surface area contributed by atoms with Crippen LogP contribution in [0.2, 0.25) is 0 Å². The van der Waals surface area contributed by atoms with Gasteiger partial charge in [0.15, 0.2) is 5.78 Å². The lowest BCUT2D eigenvalue weighted by molar-refractivity contribution is 0.0429. The Labute approximate surface area is 138 Å². The molecule has 0 radical (unpaired) electrons. The van der Waals surface area contributed by atoms with Crippen molar-refractivity contribution in [1.82, 2.24) is 4.90 Å². The zero-order chi connectivity index (χ0) is 16.0. The number of amides is 1. The van der Waals surface area contributed by atoms with Gasteiger partial charge >= 0.3 is 0 Å². The number of nitrogens with zero attached hydrogens (tertiary/aromatic N) is 1. The van der Waals surface area contributed by atoms with Gasteiger partial charge in [0.05, 0.1) is 23.4 Å². The smallest absolute Gasteiger partial charge is 0.264 e. The van der Waals surface area contributed by atoms with Gasteiger partial charge in [0.25, 0.3) is 5.91 Å². The van der Waals surface area contributed by atoms with E-state index in [2.05, 4.69) is 0 Å². The highest BCUT2D eigenvalue weighted by molar-refractivity contribution is 7.12. The van der Waals surface area contributed by atoms with Crippen molar-refractivity contribution in [2.24, 2.45) is 0 Å². The van der Waals surface area contributed by atoms with Crippen LogP contribution < -0.4 is 4.74 Å². The number of likely N-dealkylation sites (tertiary alicyclic amines) is 1. The second-order valence-electron chi connectivity index (χ2n) is 6.35. The molecule has 2 aliphatic rings. The van der Waals surface area contributed by atoms with E-state index in [0.717, 1.165) is 10.4 Å². The van der Waals surface area contributed by atoms with Gasteiger partial charge in [-0.15, -0.1) is 11.3 Å². The molecular weight excluding hydrogens is 310 g/mol. The number of Topliss-reactive ketones (excluding diaryl/α,β-unsaturated/α-hetero) is 1. The number of carbonyl (C=O) groups excluding carboxylic acids is 2. The van der Waals surface area contributed by atoms with Crippen LogP contribution in [0, 0.1) is 6.92 Å². The first-order chi connectivity index (χ1) is 11.1. The Morgan fingerprint density at radius 3 is 2.96 bits per heavy atom. The fourth-order valence-corrected chi connectivity index (χ4v) is 4.25. The summed E-state index contributed by atoms with van der Waals surface area (Å²) in [6.45, 7) is 3.09. The summed E-state index contributed by atoms with van der Waals surface area (Å²) in [7, 11) is 0. The van der Waals surface area contributed by atoms with Gasteiger partial charge < -0.3 is 9.64 Å². The Morgan fingerprint density at radius 2 is 2.17 bits per heavy atom. The van der Waals surface area contributed by atoms with Gasteiger partial charge in [-0.05, 0) is 36.1 Å². The number of ketones is 1. The van der Waals surface area contributed by atoms with Gasteiger partial charge in [-0.3, -0.25) is 9.59 Å². The molecule has 4 rings (SSSR count). The van der Waals surface area contributed by atoms with E-state index >= 15 is 0 Å². The molecule has 118 valence electrons. The Balaban J connectivity index is 1.56. The van der Waals surface area contributed by atoms with Crippen LogP contribution in [0.5, 0.6) is 5.75 Å². The third kappa shape index (κ3) is 2.45. The Bertz CT molecular complexity index is 797. The van der Waals surface area contributed by atoms with E-state index in [4.69, 9.17) is 4.74 Å². The highest BCUT2D eigenvalue weighted by Gasteiger charge is 2.47. The lowest BCUT2D eigenvalue weighted by Gasteiger charge is -2.34. The van der Waals surface area contributed by atoms with Crippen LogP contribution in [-0.4, -0.2) is 35.3 Å². The number of rotatable bonds is 1. The second kappa shape index (κ2) is 5.20. The molecule has 3 heterocycles. The predicted octanol–water partition coefficient (Wildman–Crippen LogP) is 3.31. The van der Waals surface area contributed by atoms with Crippen LogP contribution in [0.1, 0.15) is 38.4 Å². The summed E-state index contributed by atoms with van der Waals surface area (Å²) in [5.74, 6) is 0.785. The summed E-state index contributed by atoms with van der Waals surface area (Å²) in [4.78, 5) is 27.6. The molecule has 1 amide bonds. The van der Waals surface area contributed by atoms with Crippen molar-refractivity contribution in [3.63, 3.8) is 0 Å². The van der Waals surface area contributed by atoms with E-state index in [-0.39, 0.29) is 11.7 Å². The minimum atomic E-state index is -0.562. The normalized spacial score (nSPS) is 23.0. The Morgan fingerprint density at radius 1 is 1.35 bits per heavy atom. The minimum Gasteiger partial charge on any atom is -0.484 e. The average Bonchev–Trinajstić information content (AvgIpc) is 3.14. The van der Waals surface area contributed by atoms with Gasteiger partial charge in [0.2, 0.25) is 0 Å². The highest BCUT2D eigenvalue weighted by Crippen LogP contribution is 2.39. The molecule has 5 heteroatoms. The predicted molar refractivity (Wildman–Crippen MR) is 88.3 cm³/mol. The van der Waals surface area contributed by atoms with Crippen LogP contribution in [0.4, 0.5) is 0 Å². The van der Waals surface area contributed by atoms with Crippen molar-refractivity contribution in [3.05, 3.63) is 51.7 Å². The Kier molecular flexibility index (Phi) is 3.27. The largest absolute Gasteiger partial charge is 0.484 e. The van der Waals surface area contributed by atoms with E-state index in [0.29, 0.717) is 37.2 Å². The summed E-state index contributed by atoms with van der Waals surface area (Å²) in [5, 5.41) is 1.98. The molecule has 0 bridgehead atoms. The van der Waals surface area contributed by atoms with E-state index in [1.54, 1.807) is 6.07 Å². The molecule has 1 aromatic heterocycles. The molecule has 0 N–H and O–H groups in total. The maximum atomic E-state index is 12.6. The van der Waals surface area contributed by atoms with Crippen molar-refractivity contribution in [2.45, 2.75) is 25.4 Å². The van der Waals surface area contributed by atoms with Crippen LogP contribution in [-0.2, 0) is 0 Å².